The molecule has 0 radical (unpaired) electrons. The number of fused-ring (bicyclic) bond motifs is 1. The summed E-state index contributed by atoms with van der Waals surface area (Å²) in [5.74, 6) is 2.08. The van der Waals surface area contributed by atoms with E-state index < -0.39 is 4.76 Å². The maximum atomic E-state index is 9.01. The van der Waals surface area contributed by atoms with Crippen molar-refractivity contribution < 1.29 is 14.0 Å². The Morgan fingerprint density at radius 2 is 2.17 bits per heavy atom. The molecule has 0 saturated heterocycles. The van der Waals surface area contributed by atoms with Crippen LogP contribution in [0.5, 0.6) is 5.75 Å². The molecule has 0 bridgehead atoms. The summed E-state index contributed by atoms with van der Waals surface area (Å²) in [4.78, 5) is 14.6. The van der Waals surface area contributed by atoms with Gasteiger partial charge in [0.25, 0.3) is 6.34 Å². The highest BCUT2D eigenvalue weighted by Gasteiger charge is 2.45. The lowest BCUT2D eigenvalue weighted by molar-refractivity contribution is -0.973. The smallest absolute Gasteiger partial charge is 0.310 e. The molecule has 8 heteroatoms. The van der Waals surface area contributed by atoms with Crippen LogP contribution in [-0.4, -0.2) is 22.8 Å². The minimum Gasteiger partial charge on any atom is -0.461 e. The van der Waals surface area contributed by atoms with E-state index in [2.05, 4.69) is 21.2 Å². The Morgan fingerprint density at radius 1 is 1.25 bits per heavy atom. The largest absolute Gasteiger partial charge is 0.461 e. The first-order chi connectivity index (χ1) is 11.7. The molecule has 116 valence electrons. The van der Waals surface area contributed by atoms with Gasteiger partial charge in [0, 0.05) is 6.07 Å². The van der Waals surface area contributed by atoms with Crippen molar-refractivity contribution in [3.8, 4) is 11.8 Å². The van der Waals surface area contributed by atoms with Crippen molar-refractivity contribution in [1.82, 2.24) is 0 Å². The molecule has 0 fully saturated rings. The summed E-state index contributed by atoms with van der Waals surface area (Å²) in [7, 11) is 0. The number of nitrogens with zero attached hydrogens (tertiary/aromatic N) is 5. The molecule has 8 nitrogen and oxygen atoms in total. The second-order valence-corrected chi connectivity index (χ2v) is 5.04. The first-order valence-corrected chi connectivity index (χ1v) is 7.03. The van der Waals surface area contributed by atoms with E-state index in [9.17, 15) is 0 Å². The van der Waals surface area contributed by atoms with Gasteiger partial charge in [-0.05, 0) is 29.4 Å². The quantitative estimate of drug-likeness (QED) is 0.871. The number of benzene rings is 1. The topological polar surface area (TPSA) is 109 Å². The predicted octanol–water partition coefficient (Wildman–Crippen LogP) is 1.88. The first-order valence-electron chi connectivity index (χ1n) is 7.03. The lowest BCUT2D eigenvalue weighted by atomic mass is 10.2. The van der Waals surface area contributed by atoms with Crippen molar-refractivity contribution in [2.75, 3.05) is 0 Å². The van der Waals surface area contributed by atoms with E-state index in [1.807, 2.05) is 0 Å². The fraction of sp³-hybridized carbons (Fsp3) is 0. The minimum absolute atomic E-state index is 0.261. The number of nitriles is 1. The van der Waals surface area contributed by atoms with Crippen molar-refractivity contribution in [2.45, 2.75) is 0 Å². The van der Waals surface area contributed by atoms with Gasteiger partial charge in [-0.1, -0.05) is 6.07 Å². The van der Waals surface area contributed by atoms with Crippen molar-refractivity contribution in [3.63, 3.8) is 0 Å². The molecular formula is C16H11N6O2+. The molecular weight excluding hydrogens is 308 g/mol. The van der Waals surface area contributed by atoms with Gasteiger partial charge in [0.05, 0.1) is 28.7 Å². The Morgan fingerprint density at radius 3 is 2.96 bits per heavy atom. The molecule has 2 aliphatic rings. The van der Waals surface area contributed by atoms with Crippen LogP contribution in [0.25, 0.3) is 0 Å². The number of rotatable bonds is 3. The lowest BCUT2D eigenvalue weighted by Gasteiger charge is -2.23. The average molecular weight is 319 g/mol. The molecule has 1 unspecified atom stereocenters. The van der Waals surface area contributed by atoms with Crippen LogP contribution in [-0.2, 0) is 0 Å². The number of quaternary nitrogens is 1. The third-order valence-electron chi connectivity index (χ3n) is 3.38. The number of nitrogens with two attached hydrogens (primary N) is 1. The van der Waals surface area contributed by atoms with E-state index in [-0.39, 0.29) is 5.84 Å². The van der Waals surface area contributed by atoms with E-state index in [1.54, 1.807) is 48.7 Å². The van der Waals surface area contributed by atoms with Gasteiger partial charge in [-0.15, -0.1) is 0 Å². The molecule has 0 saturated carbocycles. The van der Waals surface area contributed by atoms with Crippen molar-refractivity contribution in [2.24, 2.45) is 20.8 Å². The highest BCUT2D eigenvalue weighted by Crippen LogP contribution is 2.30. The fourth-order valence-electron chi connectivity index (χ4n) is 2.33. The van der Waals surface area contributed by atoms with Crippen molar-refractivity contribution in [1.29, 1.82) is 5.26 Å². The zero-order valence-corrected chi connectivity index (χ0v) is 12.3. The van der Waals surface area contributed by atoms with E-state index in [4.69, 9.17) is 20.3 Å². The van der Waals surface area contributed by atoms with Crippen molar-refractivity contribution >= 4 is 18.0 Å². The second-order valence-electron chi connectivity index (χ2n) is 5.04. The molecule has 0 aliphatic carbocycles. The summed E-state index contributed by atoms with van der Waals surface area (Å²) in [6, 6.07) is 12.3. The van der Waals surface area contributed by atoms with E-state index >= 15 is 0 Å². The molecule has 24 heavy (non-hydrogen) atoms. The molecule has 2 aliphatic heterocycles. The van der Waals surface area contributed by atoms with Gasteiger partial charge in [-0.3, -0.25) is 4.84 Å². The van der Waals surface area contributed by atoms with Gasteiger partial charge < -0.3 is 10.2 Å². The predicted molar refractivity (Wildman–Crippen MR) is 85.5 cm³/mol. The number of furan rings is 1. The van der Waals surface area contributed by atoms with Crippen LogP contribution in [0.4, 0.5) is 0 Å². The molecule has 2 N–H and O–H groups in total. The number of aliphatic imine (C=N–C) groups is 2. The summed E-state index contributed by atoms with van der Waals surface area (Å²) < 4.78 is 4.85. The highest BCUT2D eigenvalue weighted by molar-refractivity contribution is 6.03. The Kier molecular flexibility index (Phi) is 3.01. The maximum Gasteiger partial charge on any atom is 0.310 e. The van der Waals surface area contributed by atoms with Crippen LogP contribution < -0.4 is 10.6 Å². The Bertz CT molecular complexity index is 965. The zero-order chi connectivity index (χ0) is 16.6. The van der Waals surface area contributed by atoms with Crippen molar-refractivity contribution in [3.05, 3.63) is 65.9 Å². The van der Waals surface area contributed by atoms with Crippen LogP contribution in [0.3, 0.4) is 0 Å². The van der Waals surface area contributed by atoms with Crippen LogP contribution >= 0.6 is 0 Å². The first kappa shape index (κ1) is 13.9. The summed E-state index contributed by atoms with van der Waals surface area (Å²) in [5.41, 5.74) is 6.30. The SMILES string of the molecule is N#Cc1cccc(O[N+]23C=NC(c4ccco4)=NC2=CC(N)=N3)c1. The lowest BCUT2D eigenvalue weighted by Crippen LogP contribution is -2.44. The highest BCUT2D eigenvalue weighted by atomic mass is 16.8. The second kappa shape index (κ2) is 5.19. The van der Waals surface area contributed by atoms with Crippen LogP contribution in [0.2, 0.25) is 0 Å². The standard InChI is InChI=1S/C16H11N6O2/c17-9-11-3-1-4-12(7-11)24-22-10-19-16(13-5-2-6-23-13)20-15(22)8-14(18)21-22/h1-8,10H,(H2,18,21)/q+1. The van der Waals surface area contributed by atoms with Crippen LogP contribution in [0.1, 0.15) is 11.3 Å². The Hall–Kier alpha value is -3.70. The molecule has 3 heterocycles. The molecule has 1 aromatic heterocycles. The summed E-state index contributed by atoms with van der Waals surface area (Å²) in [5, 5.41) is 13.3. The summed E-state index contributed by atoms with van der Waals surface area (Å²) in [6.07, 6.45) is 4.61. The molecule has 0 spiro atoms. The van der Waals surface area contributed by atoms with Gasteiger partial charge in [0.15, 0.2) is 17.3 Å². The molecule has 1 atom stereocenters. The van der Waals surface area contributed by atoms with Gasteiger partial charge in [0.2, 0.25) is 5.84 Å². The van der Waals surface area contributed by atoms with Crippen LogP contribution in [0.15, 0.2) is 74.1 Å². The summed E-state index contributed by atoms with van der Waals surface area (Å²) in [6.45, 7) is 0. The number of hydrogen-bond acceptors (Lipinski definition) is 7. The normalized spacial score (nSPS) is 21.4. The van der Waals surface area contributed by atoms with Crippen LogP contribution in [0, 0.1) is 11.3 Å². The third-order valence-corrected chi connectivity index (χ3v) is 3.38. The molecule has 0 amide bonds. The minimum atomic E-state index is -0.453. The van der Waals surface area contributed by atoms with Gasteiger partial charge >= 0.3 is 5.82 Å². The Labute approximate surface area is 136 Å². The molecule has 2 aromatic rings. The average Bonchev–Trinajstić information content (AvgIpc) is 3.21. The summed E-state index contributed by atoms with van der Waals surface area (Å²) >= 11 is 0. The van der Waals surface area contributed by atoms with E-state index in [0.29, 0.717) is 28.7 Å². The van der Waals surface area contributed by atoms with Gasteiger partial charge in [-0.25, -0.2) is 0 Å². The number of amidine groups is 2. The third kappa shape index (κ3) is 2.25. The number of hydrogen-bond donors (Lipinski definition) is 1. The zero-order valence-electron chi connectivity index (χ0n) is 12.3. The van der Waals surface area contributed by atoms with E-state index in [0.717, 1.165) is 0 Å². The number of hydroxylamine groups is 2. The Balaban J connectivity index is 1.71. The molecule has 1 aromatic carbocycles. The maximum absolute atomic E-state index is 9.01. The monoisotopic (exact) mass is 319 g/mol. The molecule has 4 rings (SSSR count). The van der Waals surface area contributed by atoms with E-state index in [1.165, 1.54) is 6.34 Å². The fourth-order valence-corrected chi connectivity index (χ4v) is 2.33. The van der Waals surface area contributed by atoms with Gasteiger partial charge in [-0.2, -0.15) is 15.2 Å². The van der Waals surface area contributed by atoms with Gasteiger partial charge in [0.1, 0.15) is 0 Å².